The van der Waals surface area contributed by atoms with E-state index in [0.29, 0.717) is 0 Å². The van der Waals surface area contributed by atoms with E-state index in [4.69, 9.17) is 0 Å². The molecule has 1 saturated heterocycles. The van der Waals surface area contributed by atoms with Crippen LogP contribution in [0, 0.1) is 6.92 Å². The van der Waals surface area contributed by atoms with Crippen molar-refractivity contribution in [1.82, 2.24) is 19.8 Å². The van der Waals surface area contributed by atoms with E-state index in [1.54, 1.807) is 0 Å². The van der Waals surface area contributed by atoms with Crippen molar-refractivity contribution in [3.63, 3.8) is 0 Å². The third-order valence-electron chi connectivity index (χ3n) is 3.80. The van der Waals surface area contributed by atoms with E-state index < -0.39 is 0 Å². The minimum atomic E-state index is 1.03. The highest BCUT2D eigenvalue weighted by Gasteiger charge is 2.14. The molecule has 0 aliphatic carbocycles. The Morgan fingerprint density at radius 3 is 2.83 bits per heavy atom. The van der Waals surface area contributed by atoms with Gasteiger partial charge in [-0.05, 0) is 18.6 Å². The molecule has 0 bridgehead atoms. The van der Waals surface area contributed by atoms with Crippen LogP contribution in [-0.4, -0.2) is 40.6 Å². The number of piperazine rings is 1. The second-order valence-corrected chi connectivity index (χ2v) is 5.03. The lowest BCUT2D eigenvalue weighted by Crippen LogP contribution is -2.42. The van der Waals surface area contributed by atoms with Crippen molar-refractivity contribution < 1.29 is 0 Å². The highest BCUT2D eigenvalue weighted by molar-refractivity contribution is 5.79. The van der Waals surface area contributed by atoms with Crippen LogP contribution in [0.1, 0.15) is 11.4 Å². The molecule has 2 heterocycles. The van der Waals surface area contributed by atoms with Crippen molar-refractivity contribution in [2.24, 2.45) is 7.05 Å². The van der Waals surface area contributed by atoms with Gasteiger partial charge in [0.25, 0.3) is 0 Å². The van der Waals surface area contributed by atoms with Crippen molar-refractivity contribution in [3.8, 4) is 0 Å². The molecule has 0 saturated carbocycles. The molecule has 1 aliphatic heterocycles. The molecule has 0 unspecified atom stereocenters. The third-order valence-corrected chi connectivity index (χ3v) is 3.80. The van der Waals surface area contributed by atoms with E-state index in [9.17, 15) is 0 Å². The van der Waals surface area contributed by atoms with Crippen LogP contribution in [0.5, 0.6) is 0 Å². The normalized spacial score (nSPS) is 17.4. The Balaban J connectivity index is 1.95. The summed E-state index contributed by atoms with van der Waals surface area (Å²) < 4.78 is 2.20. The number of para-hydroxylation sites is 1. The van der Waals surface area contributed by atoms with Gasteiger partial charge < -0.3 is 9.88 Å². The molecule has 2 aromatic rings. The van der Waals surface area contributed by atoms with Gasteiger partial charge in [0.1, 0.15) is 5.82 Å². The maximum Gasteiger partial charge on any atom is 0.106 e. The molecular weight excluding hydrogens is 224 g/mol. The Kier molecular flexibility index (Phi) is 3.06. The molecule has 1 aromatic carbocycles. The summed E-state index contributed by atoms with van der Waals surface area (Å²) in [6.07, 6.45) is 0. The van der Waals surface area contributed by atoms with E-state index in [-0.39, 0.29) is 0 Å². The minimum Gasteiger partial charge on any atom is -0.331 e. The van der Waals surface area contributed by atoms with Gasteiger partial charge in [-0.3, -0.25) is 4.90 Å². The summed E-state index contributed by atoms with van der Waals surface area (Å²) in [6, 6.07) is 6.45. The molecule has 0 radical (unpaired) electrons. The van der Waals surface area contributed by atoms with Crippen molar-refractivity contribution in [3.05, 3.63) is 29.6 Å². The van der Waals surface area contributed by atoms with Gasteiger partial charge in [-0.1, -0.05) is 12.1 Å². The van der Waals surface area contributed by atoms with Crippen molar-refractivity contribution in [2.75, 3.05) is 26.2 Å². The topological polar surface area (TPSA) is 33.1 Å². The number of nitrogens with one attached hydrogen (secondary N) is 1. The first-order valence-corrected chi connectivity index (χ1v) is 6.60. The van der Waals surface area contributed by atoms with Crippen LogP contribution in [0.2, 0.25) is 0 Å². The van der Waals surface area contributed by atoms with Crippen LogP contribution in [0.4, 0.5) is 0 Å². The Morgan fingerprint density at radius 2 is 2.06 bits per heavy atom. The van der Waals surface area contributed by atoms with Crippen LogP contribution in [0.3, 0.4) is 0 Å². The second kappa shape index (κ2) is 4.71. The summed E-state index contributed by atoms with van der Waals surface area (Å²) >= 11 is 0. The number of imidazole rings is 1. The molecule has 18 heavy (non-hydrogen) atoms. The van der Waals surface area contributed by atoms with E-state index in [2.05, 4.69) is 51.9 Å². The highest BCUT2D eigenvalue weighted by Crippen LogP contribution is 2.20. The van der Waals surface area contributed by atoms with Crippen LogP contribution in [0.25, 0.3) is 11.0 Å². The van der Waals surface area contributed by atoms with Crippen LogP contribution < -0.4 is 5.32 Å². The Hall–Kier alpha value is -1.39. The van der Waals surface area contributed by atoms with Gasteiger partial charge in [0.15, 0.2) is 0 Å². The first-order valence-electron chi connectivity index (χ1n) is 6.60. The molecule has 1 aliphatic rings. The zero-order valence-electron chi connectivity index (χ0n) is 11.1. The van der Waals surface area contributed by atoms with Crippen LogP contribution in [-0.2, 0) is 13.6 Å². The maximum atomic E-state index is 4.60. The molecule has 1 aromatic heterocycles. The number of aromatic nitrogens is 2. The molecule has 0 amide bonds. The van der Waals surface area contributed by atoms with E-state index in [1.165, 1.54) is 11.1 Å². The number of hydrogen-bond acceptors (Lipinski definition) is 3. The summed E-state index contributed by atoms with van der Waals surface area (Å²) in [6.45, 7) is 7.55. The third kappa shape index (κ3) is 2.02. The van der Waals surface area contributed by atoms with E-state index >= 15 is 0 Å². The lowest BCUT2D eigenvalue weighted by Gasteiger charge is -2.27. The quantitative estimate of drug-likeness (QED) is 0.864. The first kappa shape index (κ1) is 11.7. The predicted molar refractivity (Wildman–Crippen MR) is 73.6 cm³/mol. The predicted octanol–water partition coefficient (Wildman–Crippen LogP) is 1.29. The summed E-state index contributed by atoms with van der Waals surface area (Å²) in [5, 5.41) is 3.39. The van der Waals surface area contributed by atoms with E-state index in [1.807, 2.05) is 0 Å². The maximum absolute atomic E-state index is 4.60. The number of nitrogens with zero attached hydrogens (tertiary/aromatic N) is 3. The molecule has 1 N–H and O–H groups in total. The van der Waals surface area contributed by atoms with Gasteiger partial charge in [0.05, 0.1) is 11.0 Å². The molecule has 4 heteroatoms. The number of hydrogen-bond donors (Lipinski definition) is 1. The van der Waals surface area contributed by atoms with Gasteiger partial charge in [-0.2, -0.15) is 0 Å². The second-order valence-electron chi connectivity index (χ2n) is 5.03. The molecule has 0 spiro atoms. The fraction of sp³-hybridized carbons (Fsp3) is 0.500. The van der Waals surface area contributed by atoms with Crippen LogP contribution >= 0.6 is 0 Å². The Labute approximate surface area is 108 Å². The summed E-state index contributed by atoms with van der Waals surface area (Å²) in [5.74, 6) is 1.08. The fourth-order valence-corrected chi connectivity index (χ4v) is 2.70. The fourth-order valence-electron chi connectivity index (χ4n) is 2.70. The summed E-state index contributed by atoms with van der Waals surface area (Å²) in [5.41, 5.74) is 3.79. The number of aryl methyl sites for hydroxylation is 2. The molecule has 3 rings (SSSR count). The standard InChI is InChI=1S/C14H20N4/c1-11-16-13-5-3-4-12(14(13)17(11)2)10-18-8-6-15-7-9-18/h3-5,15H,6-10H2,1-2H3. The zero-order chi connectivity index (χ0) is 12.5. The van der Waals surface area contributed by atoms with Gasteiger partial charge in [0.2, 0.25) is 0 Å². The van der Waals surface area contributed by atoms with Crippen molar-refractivity contribution in [1.29, 1.82) is 0 Å². The Bertz CT molecular complexity index is 552. The number of fused-ring (bicyclic) bond motifs is 1. The molecule has 1 fully saturated rings. The highest BCUT2D eigenvalue weighted by atomic mass is 15.2. The van der Waals surface area contributed by atoms with Crippen molar-refractivity contribution >= 4 is 11.0 Å². The Morgan fingerprint density at radius 1 is 1.28 bits per heavy atom. The van der Waals surface area contributed by atoms with Gasteiger partial charge >= 0.3 is 0 Å². The average Bonchev–Trinajstić information content (AvgIpc) is 2.67. The number of benzene rings is 1. The lowest BCUT2D eigenvalue weighted by atomic mass is 10.1. The van der Waals surface area contributed by atoms with E-state index in [0.717, 1.165) is 44.1 Å². The van der Waals surface area contributed by atoms with Crippen LogP contribution in [0.15, 0.2) is 18.2 Å². The first-order chi connectivity index (χ1) is 8.75. The molecule has 4 nitrogen and oxygen atoms in total. The average molecular weight is 244 g/mol. The minimum absolute atomic E-state index is 1.03. The molecule has 96 valence electrons. The summed E-state index contributed by atoms with van der Waals surface area (Å²) in [4.78, 5) is 7.11. The monoisotopic (exact) mass is 244 g/mol. The number of rotatable bonds is 2. The van der Waals surface area contributed by atoms with Gasteiger partial charge in [-0.15, -0.1) is 0 Å². The molecule has 0 atom stereocenters. The lowest BCUT2D eigenvalue weighted by molar-refractivity contribution is 0.234. The van der Waals surface area contributed by atoms with Gasteiger partial charge in [0, 0.05) is 39.8 Å². The largest absolute Gasteiger partial charge is 0.331 e. The molecular formula is C14H20N4. The zero-order valence-corrected chi connectivity index (χ0v) is 11.1. The smallest absolute Gasteiger partial charge is 0.106 e. The SMILES string of the molecule is Cc1nc2cccc(CN3CCNCC3)c2n1C. The van der Waals surface area contributed by atoms with Gasteiger partial charge in [-0.25, -0.2) is 4.98 Å². The van der Waals surface area contributed by atoms with Crippen molar-refractivity contribution in [2.45, 2.75) is 13.5 Å². The summed E-state index contributed by atoms with van der Waals surface area (Å²) in [7, 11) is 2.10.